The molecular formula is C43H28OS. The van der Waals surface area contributed by atoms with Crippen molar-refractivity contribution in [2.45, 2.75) is 5.41 Å². The standard InChI is InChI=1S/C43H28OS/c1-3-12-32(13-4-1)43(33-14-5-2-6-15-33)36-18-8-9-19-38(36)44-39-28-31(26-27-37(39)43)29-22-24-30(25-23-29)34-17-11-21-41-42(34)35-16-7-10-20-40(35)45-41/h1-28H. The lowest BCUT2D eigenvalue weighted by Crippen LogP contribution is -2.34. The van der Waals surface area contributed by atoms with Gasteiger partial charge in [0.05, 0.1) is 5.41 Å². The van der Waals surface area contributed by atoms with Gasteiger partial charge in [0.25, 0.3) is 0 Å². The molecule has 2 heteroatoms. The number of rotatable bonds is 4. The molecule has 0 atom stereocenters. The molecular weight excluding hydrogens is 565 g/mol. The van der Waals surface area contributed by atoms with Crippen LogP contribution in [0.2, 0.25) is 0 Å². The second-order valence-electron chi connectivity index (χ2n) is 11.6. The quantitative estimate of drug-likeness (QED) is 0.197. The van der Waals surface area contributed by atoms with Gasteiger partial charge in [0.1, 0.15) is 11.5 Å². The molecule has 45 heavy (non-hydrogen) atoms. The number of hydrogen-bond donors (Lipinski definition) is 0. The Morgan fingerprint density at radius 2 is 1.02 bits per heavy atom. The zero-order valence-corrected chi connectivity index (χ0v) is 25.3. The van der Waals surface area contributed by atoms with Crippen molar-refractivity contribution >= 4 is 31.5 Å². The Morgan fingerprint density at radius 3 is 1.80 bits per heavy atom. The van der Waals surface area contributed by atoms with E-state index >= 15 is 0 Å². The van der Waals surface area contributed by atoms with E-state index in [2.05, 4.69) is 170 Å². The summed E-state index contributed by atoms with van der Waals surface area (Å²) < 4.78 is 9.36. The Kier molecular flexibility index (Phi) is 5.97. The third kappa shape index (κ3) is 4.00. The topological polar surface area (TPSA) is 9.23 Å². The molecule has 8 aromatic rings. The zero-order valence-electron chi connectivity index (χ0n) is 24.5. The number of hydrogen-bond acceptors (Lipinski definition) is 2. The molecule has 0 spiro atoms. The van der Waals surface area contributed by atoms with Gasteiger partial charge in [0, 0.05) is 31.3 Å². The number of benzene rings is 7. The highest BCUT2D eigenvalue weighted by Gasteiger charge is 2.45. The molecule has 0 aliphatic carbocycles. The molecule has 212 valence electrons. The fraction of sp³-hybridized carbons (Fsp3) is 0.0233. The molecule has 0 unspecified atom stereocenters. The van der Waals surface area contributed by atoms with Crippen LogP contribution in [-0.2, 0) is 5.41 Å². The van der Waals surface area contributed by atoms with E-state index in [0.717, 1.165) is 33.8 Å². The summed E-state index contributed by atoms with van der Waals surface area (Å²) in [7, 11) is 0. The third-order valence-electron chi connectivity index (χ3n) is 9.24. The Bertz CT molecular complexity index is 2290. The van der Waals surface area contributed by atoms with Crippen molar-refractivity contribution in [1.82, 2.24) is 0 Å². The first-order valence-electron chi connectivity index (χ1n) is 15.3. The van der Waals surface area contributed by atoms with E-state index in [0.29, 0.717) is 0 Å². The van der Waals surface area contributed by atoms with E-state index in [1.54, 1.807) is 0 Å². The lowest BCUT2D eigenvalue weighted by molar-refractivity contribution is 0.435. The lowest BCUT2D eigenvalue weighted by atomic mass is 9.63. The van der Waals surface area contributed by atoms with E-state index in [1.807, 2.05) is 11.3 Å². The first kappa shape index (κ1) is 26.0. The maximum atomic E-state index is 6.71. The highest BCUT2D eigenvalue weighted by molar-refractivity contribution is 7.25. The Labute approximate surface area is 266 Å². The SMILES string of the molecule is c1ccc(C2(c3ccccc3)c3ccccc3Oc3cc(-c4ccc(-c5cccc6sc7ccccc7c56)cc4)ccc32)cc1. The monoisotopic (exact) mass is 592 g/mol. The summed E-state index contributed by atoms with van der Waals surface area (Å²) in [5, 5.41) is 2.66. The smallest absolute Gasteiger partial charge is 0.132 e. The summed E-state index contributed by atoms with van der Waals surface area (Å²) in [4.78, 5) is 0. The largest absolute Gasteiger partial charge is 0.457 e. The van der Waals surface area contributed by atoms with Crippen LogP contribution in [0.25, 0.3) is 42.4 Å². The van der Waals surface area contributed by atoms with E-state index in [9.17, 15) is 0 Å². The Hall–Kier alpha value is -5.44. The second kappa shape index (κ2) is 10.3. The molecule has 0 saturated heterocycles. The Morgan fingerprint density at radius 1 is 0.422 bits per heavy atom. The molecule has 1 aliphatic heterocycles. The van der Waals surface area contributed by atoms with Crippen LogP contribution in [-0.4, -0.2) is 0 Å². The van der Waals surface area contributed by atoms with Gasteiger partial charge in [-0.1, -0.05) is 146 Å². The fourth-order valence-corrected chi connectivity index (χ4v) is 8.38. The van der Waals surface area contributed by atoms with Gasteiger partial charge in [-0.2, -0.15) is 0 Å². The first-order valence-corrected chi connectivity index (χ1v) is 16.2. The number of para-hydroxylation sites is 1. The molecule has 7 aromatic carbocycles. The van der Waals surface area contributed by atoms with Crippen molar-refractivity contribution in [3.05, 3.63) is 192 Å². The van der Waals surface area contributed by atoms with Crippen molar-refractivity contribution in [1.29, 1.82) is 0 Å². The number of fused-ring (bicyclic) bond motifs is 5. The van der Waals surface area contributed by atoms with Gasteiger partial charge in [-0.3, -0.25) is 0 Å². The van der Waals surface area contributed by atoms with Crippen LogP contribution >= 0.6 is 11.3 Å². The van der Waals surface area contributed by atoms with E-state index in [1.165, 1.54) is 42.4 Å². The first-order chi connectivity index (χ1) is 22.3. The van der Waals surface area contributed by atoms with Crippen LogP contribution in [0.1, 0.15) is 22.3 Å². The minimum Gasteiger partial charge on any atom is -0.457 e. The predicted molar refractivity (Wildman–Crippen MR) is 189 cm³/mol. The van der Waals surface area contributed by atoms with Crippen molar-refractivity contribution in [3.8, 4) is 33.8 Å². The van der Waals surface area contributed by atoms with E-state index in [4.69, 9.17) is 4.74 Å². The minimum atomic E-state index is -0.503. The highest BCUT2D eigenvalue weighted by Crippen LogP contribution is 2.55. The number of thiophene rings is 1. The van der Waals surface area contributed by atoms with Crippen LogP contribution in [0.4, 0.5) is 0 Å². The average molecular weight is 593 g/mol. The molecule has 2 heterocycles. The highest BCUT2D eigenvalue weighted by atomic mass is 32.1. The summed E-state index contributed by atoms with van der Waals surface area (Å²) >= 11 is 1.86. The summed E-state index contributed by atoms with van der Waals surface area (Å²) in [6.45, 7) is 0. The lowest BCUT2D eigenvalue weighted by Gasteiger charge is -2.41. The van der Waals surface area contributed by atoms with Gasteiger partial charge in [-0.05, 0) is 57.6 Å². The maximum Gasteiger partial charge on any atom is 0.132 e. The molecule has 0 bridgehead atoms. The molecule has 0 radical (unpaired) electrons. The molecule has 1 aliphatic rings. The van der Waals surface area contributed by atoms with E-state index in [-0.39, 0.29) is 0 Å². The van der Waals surface area contributed by atoms with Gasteiger partial charge in [0.2, 0.25) is 0 Å². The fourth-order valence-electron chi connectivity index (χ4n) is 7.25. The second-order valence-corrected chi connectivity index (χ2v) is 12.7. The molecule has 0 fully saturated rings. The minimum absolute atomic E-state index is 0.503. The maximum absolute atomic E-state index is 6.71. The van der Waals surface area contributed by atoms with Crippen LogP contribution in [0.5, 0.6) is 11.5 Å². The molecule has 9 rings (SSSR count). The number of ether oxygens (including phenoxy) is 1. The zero-order chi connectivity index (χ0) is 29.8. The van der Waals surface area contributed by atoms with Gasteiger partial charge >= 0.3 is 0 Å². The van der Waals surface area contributed by atoms with Crippen molar-refractivity contribution < 1.29 is 4.74 Å². The van der Waals surface area contributed by atoms with Gasteiger partial charge in [-0.15, -0.1) is 11.3 Å². The molecule has 0 N–H and O–H groups in total. The van der Waals surface area contributed by atoms with Crippen LogP contribution < -0.4 is 4.74 Å². The molecule has 0 saturated carbocycles. The van der Waals surface area contributed by atoms with Gasteiger partial charge < -0.3 is 4.74 Å². The van der Waals surface area contributed by atoms with Crippen molar-refractivity contribution in [3.63, 3.8) is 0 Å². The summed E-state index contributed by atoms with van der Waals surface area (Å²) in [5.74, 6) is 1.78. The summed E-state index contributed by atoms with van der Waals surface area (Å²) in [6.07, 6.45) is 0. The average Bonchev–Trinajstić information content (AvgIpc) is 3.50. The van der Waals surface area contributed by atoms with Gasteiger partial charge in [0.15, 0.2) is 0 Å². The molecule has 1 aromatic heterocycles. The Balaban J connectivity index is 1.18. The van der Waals surface area contributed by atoms with Crippen LogP contribution in [0.3, 0.4) is 0 Å². The van der Waals surface area contributed by atoms with Gasteiger partial charge in [-0.25, -0.2) is 0 Å². The normalized spacial score (nSPS) is 13.2. The van der Waals surface area contributed by atoms with Crippen LogP contribution in [0.15, 0.2) is 170 Å². The summed E-state index contributed by atoms with van der Waals surface area (Å²) in [6, 6.07) is 61.2. The molecule has 0 amide bonds. The third-order valence-corrected chi connectivity index (χ3v) is 10.4. The predicted octanol–water partition coefficient (Wildman–Crippen LogP) is 11.9. The summed E-state index contributed by atoms with van der Waals surface area (Å²) in [5.41, 5.74) is 9.04. The molecule has 1 nitrogen and oxygen atoms in total. The van der Waals surface area contributed by atoms with Crippen molar-refractivity contribution in [2.75, 3.05) is 0 Å². The van der Waals surface area contributed by atoms with Crippen molar-refractivity contribution in [2.24, 2.45) is 0 Å². The van der Waals surface area contributed by atoms with E-state index < -0.39 is 5.41 Å². The van der Waals surface area contributed by atoms with Crippen LogP contribution in [0, 0.1) is 0 Å².